The molecule has 0 saturated carbocycles. The lowest BCUT2D eigenvalue weighted by Crippen LogP contribution is -2.40. The Kier molecular flexibility index (Phi) is 22.6. The standard InChI is InChI=1S/C24H26F3N3O2.C18H13ClF3NO.C6H14N2O.CH3F/c1-3-18-14-19(5-4-17(18)2)23(31)29-21-7-6-20(22(15-21)24(25,26)27)16-28-8-9-30-10-12-32-13-11-30;1-3-12-8-13(5-4-11(12)2)17(24)23-15-7-6-14(10-19)16(9-15)18(20,21)22;7-1-2-8-3-5-9-6-4-8;1-2/h1,4-7,14-15,28H,8-13,16H2,2H3,(H,29,31);1,4-9H,10H2,2H3,(H,23,24);1-7H2;1H3/i;;;1D. The van der Waals surface area contributed by atoms with Crippen molar-refractivity contribution in [1.29, 1.82) is 0 Å². The summed E-state index contributed by atoms with van der Waals surface area (Å²) < 4.78 is 106. The number of aryl methyl sites for hydroxylation is 2. The average molecular weight is 962 g/mol. The summed E-state index contributed by atoms with van der Waals surface area (Å²) in [5, 5.41) is 8.05. The zero-order valence-electron chi connectivity index (χ0n) is 38.3. The number of anilines is 2. The molecule has 0 radical (unpaired) electrons. The molecule has 0 unspecified atom stereocenters. The molecule has 10 nitrogen and oxygen atoms in total. The van der Waals surface area contributed by atoms with Crippen LogP contribution in [0.3, 0.4) is 0 Å². The summed E-state index contributed by atoms with van der Waals surface area (Å²) in [6.45, 7) is 13.7. The van der Waals surface area contributed by atoms with Gasteiger partial charge in [0.2, 0.25) is 0 Å². The maximum absolute atomic E-state index is 13.6. The van der Waals surface area contributed by atoms with Crippen molar-refractivity contribution in [3.63, 3.8) is 0 Å². The Hall–Kier alpha value is -5.50. The van der Waals surface area contributed by atoms with Gasteiger partial charge in [-0.1, -0.05) is 36.1 Å². The molecule has 4 aromatic carbocycles. The van der Waals surface area contributed by atoms with Crippen molar-refractivity contribution in [2.45, 2.75) is 38.6 Å². The fourth-order valence-corrected chi connectivity index (χ4v) is 6.88. The Morgan fingerprint density at radius 3 is 1.54 bits per heavy atom. The second-order valence-electron chi connectivity index (χ2n) is 15.0. The first-order chi connectivity index (χ1) is 32.4. The smallest absolute Gasteiger partial charge is 0.379 e. The molecule has 0 spiro atoms. The van der Waals surface area contributed by atoms with Crippen LogP contribution in [0.4, 0.5) is 42.1 Å². The van der Waals surface area contributed by atoms with Gasteiger partial charge < -0.3 is 31.2 Å². The van der Waals surface area contributed by atoms with E-state index in [0.29, 0.717) is 30.9 Å². The highest BCUT2D eigenvalue weighted by Gasteiger charge is 2.34. The number of benzene rings is 4. The number of nitrogens with two attached hydrogens (primary N) is 1. The van der Waals surface area contributed by atoms with Gasteiger partial charge in [-0.3, -0.25) is 23.8 Å². The van der Waals surface area contributed by atoms with E-state index in [9.17, 15) is 40.3 Å². The van der Waals surface area contributed by atoms with Crippen LogP contribution in [0.5, 0.6) is 0 Å². The van der Waals surface area contributed by atoms with Crippen molar-refractivity contribution >= 4 is 34.8 Å². The van der Waals surface area contributed by atoms with Crippen LogP contribution in [0.25, 0.3) is 0 Å². The maximum Gasteiger partial charge on any atom is 0.416 e. The van der Waals surface area contributed by atoms with E-state index in [-0.39, 0.29) is 46.1 Å². The number of amides is 2. The molecule has 2 fully saturated rings. The van der Waals surface area contributed by atoms with Gasteiger partial charge in [0.15, 0.2) is 0 Å². The van der Waals surface area contributed by atoms with Crippen LogP contribution in [0.15, 0.2) is 72.8 Å². The van der Waals surface area contributed by atoms with E-state index in [2.05, 4.69) is 37.6 Å². The third-order valence-corrected chi connectivity index (χ3v) is 10.7. The second kappa shape index (κ2) is 28.0. The van der Waals surface area contributed by atoms with Crippen LogP contribution >= 0.6 is 11.6 Å². The first-order valence-electron chi connectivity index (χ1n) is 21.7. The van der Waals surface area contributed by atoms with Crippen molar-refractivity contribution < 1.29 is 51.2 Å². The van der Waals surface area contributed by atoms with Crippen molar-refractivity contribution in [2.75, 3.05) is 96.6 Å². The fourth-order valence-electron chi connectivity index (χ4n) is 6.64. The Balaban J connectivity index is 0.000000297. The molecule has 6 rings (SSSR count). The van der Waals surface area contributed by atoms with E-state index in [1.54, 1.807) is 37.3 Å². The number of halogens is 8. The number of alkyl halides is 8. The monoisotopic (exact) mass is 961 g/mol. The molecular formula is C49H56ClF7N6O4. The normalized spacial score (nSPS) is 14.3. The van der Waals surface area contributed by atoms with Crippen LogP contribution in [0, 0.1) is 38.5 Å². The lowest BCUT2D eigenvalue weighted by atomic mass is 10.0. The molecule has 2 amide bonds. The van der Waals surface area contributed by atoms with Crippen LogP contribution in [0.2, 0.25) is 0 Å². The molecule has 0 bridgehead atoms. The van der Waals surface area contributed by atoms with Gasteiger partial charge in [-0.05, 0) is 84.6 Å². The van der Waals surface area contributed by atoms with E-state index in [1.165, 1.54) is 30.3 Å². The van der Waals surface area contributed by atoms with Gasteiger partial charge in [0.1, 0.15) is 0 Å². The summed E-state index contributed by atoms with van der Waals surface area (Å²) in [7, 11) is -1.00. The average Bonchev–Trinajstić information content (AvgIpc) is 3.32. The molecule has 0 aromatic heterocycles. The highest BCUT2D eigenvalue weighted by molar-refractivity contribution is 6.17. The number of terminal acetylenes is 2. The van der Waals surface area contributed by atoms with Gasteiger partial charge in [0, 0.05) is 98.4 Å². The number of hydrogen-bond acceptors (Lipinski definition) is 8. The molecule has 0 atom stereocenters. The van der Waals surface area contributed by atoms with Crippen LogP contribution < -0.4 is 21.7 Å². The predicted octanol–water partition coefficient (Wildman–Crippen LogP) is 8.52. The lowest BCUT2D eigenvalue weighted by molar-refractivity contribution is -0.139. The van der Waals surface area contributed by atoms with Gasteiger partial charge in [0.05, 0.1) is 46.1 Å². The highest BCUT2D eigenvalue weighted by atomic mass is 35.5. The SMILES string of the molecule is C#Cc1cc(C(=O)Nc2ccc(CCl)c(C(F)(F)F)c2)ccc1C.C#Cc1cc(C(=O)Nc2ccc(CNCCN3CCOCC3)c(C(F)(F)F)c2)ccc1C.NCCN1CCOCC1.[2H]CF. The number of ether oxygens (including phenoxy) is 2. The molecule has 2 aliphatic rings. The summed E-state index contributed by atoms with van der Waals surface area (Å²) in [6.07, 6.45) is 1.69. The number of hydrogen-bond donors (Lipinski definition) is 4. The predicted molar refractivity (Wildman–Crippen MR) is 249 cm³/mol. The quantitative estimate of drug-likeness (QED) is 0.0483. The van der Waals surface area contributed by atoms with Gasteiger partial charge >= 0.3 is 12.4 Å². The molecule has 2 saturated heterocycles. The van der Waals surface area contributed by atoms with E-state index in [0.717, 1.165) is 82.3 Å². The van der Waals surface area contributed by atoms with E-state index < -0.39 is 42.4 Å². The third kappa shape index (κ3) is 18.3. The minimum atomic E-state index is -4.55. The minimum Gasteiger partial charge on any atom is -0.379 e. The molecule has 2 aliphatic heterocycles. The van der Waals surface area contributed by atoms with E-state index >= 15 is 0 Å². The molecule has 18 heteroatoms. The first-order valence-corrected chi connectivity index (χ1v) is 21.5. The molecule has 0 aliphatic carbocycles. The van der Waals surface area contributed by atoms with Crippen LogP contribution in [-0.2, 0) is 34.3 Å². The summed E-state index contributed by atoms with van der Waals surface area (Å²) >= 11 is 5.53. The summed E-state index contributed by atoms with van der Waals surface area (Å²) in [5.41, 5.74) is 7.25. The molecular weight excluding hydrogens is 905 g/mol. The third-order valence-electron chi connectivity index (χ3n) is 10.4. The maximum atomic E-state index is 13.6. The zero-order valence-corrected chi connectivity index (χ0v) is 38.1. The van der Waals surface area contributed by atoms with Crippen molar-refractivity contribution in [2.24, 2.45) is 5.73 Å². The van der Waals surface area contributed by atoms with Crippen molar-refractivity contribution in [3.05, 3.63) is 128 Å². The van der Waals surface area contributed by atoms with Gasteiger partial charge in [-0.25, -0.2) is 0 Å². The van der Waals surface area contributed by atoms with Crippen LogP contribution in [-0.4, -0.2) is 108 Å². The zero-order chi connectivity index (χ0) is 50.3. The Bertz CT molecular complexity index is 2320. The summed E-state index contributed by atoms with van der Waals surface area (Å²) in [5.74, 6) is 3.61. The molecule has 4 aromatic rings. The van der Waals surface area contributed by atoms with E-state index in [1.807, 2.05) is 6.92 Å². The number of morpholine rings is 2. The molecule has 5 N–H and O–H groups in total. The molecule has 2 heterocycles. The second-order valence-corrected chi connectivity index (χ2v) is 15.3. The van der Waals surface area contributed by atoms with E-state index in [4.69, 9.17) is 41.0 Å². The Morgan fingerprint density at radius 1 is 0.716 bits per heavy atom. The number of nitrogens with zero attached hydrogens (tertiary/aromatic N) is 2. The Morgan fingerprint density at radius 2 is 1.13 bits per heavy atom. The molecule has 67 heavy (non-hydrogen) atoms. The molecule has 362 valence electrons. The Labute approximate surface area is 394 Å². The first kappa shape index (κ1) is 54.1. The van der Waals surface area contributed by atoms with Crippen LogP contribution in [0.1, 0.15) is 66.6 Å². The summed E-state index contributed by atoms with van der Waals surface area (Å²) in [4.78, 5) is 29.3. The number of rotatable bonds is 12. The summed E-state index contributed by atoms with van der Waals surface area (Å²) in [6, 6.07) is 16.9. The van der Waals surface area contributed by atoms with Gasteiger partial charge in [-0.2, -0.15) is 26.3 Å². The number of nitrogens with one attached hydrogen (secondary N) is 3. The highest BCUT2D eigenvalue weighted by Crippen LogP contribution is 2.35. The van der Waals surface area contributed by atoms with Crippen molar-refractivity contribution in [1.82, 2.24) is 15.1 Å². The largest absolute Gasteiger partial charge is 0.416 e. The fraction of sp³-hybridized carbons (Fsp3) is 0.388. The minimum absolute atomic E-state index is 0.0315. The van der Waals surface area contributed by atoms with Gasteiger partial charge in [-0.15, -0.1) is 24.4 Å². The lowest BCUT2D eigenvalue weighted by Gasteiger charge is -2.26. The van der Waals surface area contributed by atoms with Crippen molar-refractivity contribution in [3.8, 4) is 24.7 Å². The van der Waals surface area contributed by atoms with Gasteiger partial charge in [0.25, 0.3) is 11.8 Å². The number of carbonyl (C=O) groups excluding carboxylic acids is 2. The topological polar surface area (TPSA) is 121 Å². The number of carbonyl (C=O) groups is 2.